The average molecular weight is 256 g/mol. The fraction of sp³-hybridized carbons (Fsp3) is 0.636. The third-order valence-corrected chi connectivity index (χ3v) is 3.31. The minimum atomic E-state index is -1.09. The Morgan fingerprint density at radius 3 is 2.83 bits per heavy atom. The summed E-state index contributed by atoms with van der Waals surface area (Å²) in [5.74, 6) is 0. The van der Waals surface area contributed by atoms with Crippen molar-refractivity contribution in [2.45, 2.75) is 38.2 Å². The van der Waals surface area contributed by atoms with Gasteiger partial charge in [-0.25, -0.2) is 4.79 Å². The number of ether oxygens (including phenoxy) is 1. The molecule has 7 nitrogen and oxygen atoms in total. The molecule has 3 N–H and O–H groups in total. The molecule has 18 heavy (non-hydrogen) atoms. The topological polar surface area (TPSA) is 105 Å². The first-order chi connectivity index (χ1) is 8.37. The number of aromatic nitrogens is 2. The maximum Gasteiger partial charge on any atom is 0.330 e. The fourth-order valence-corrected chi connectivity index (χ4v) is 1.99. The molecule has 2 heterocycles. The number of nitrogens with one attached hydrogen (secondary N) is 1. The highest BCUT2D eigenvalue weighted by atomic mass is 16.6. The minimum Gasteiger partial charge on any atom is -0.393 e. The SMILES string of the molecule is Cc1cn([C@H]2CC(O)[C@@](C)(CO)O2)c(=O)[nH]c1=O. The lowest BCUT2D eigenvalue weighted by Gasteiger charge is -2.25. The Morgan fingerprint density at radius 2 is 2.28 bits per heavy atom. The summed E-state index contributed by atoms with van der Waals surface area (Å²) in [6, 6.07) is 0. The van der Waals surface area contributed by atoms with Crippen molar-refractivity contribution in [2.75, 3.05) is 6.61 Å². The molecule has 3 atom stereocenters. The molecule has 0 radical (unpaired) electrons. The van der Waals surface area contributed by atoms with E-state index < -0.39 is 29.2 Å². The Kier molecular flexibility index (Phi) is 3.14. The van der Waals surface area contributed by atoms with Gasteiger partial charge in [0.2, 0.25) is 0 Å². The second kappa shape index (κ2) is 4.34. The molecule has 7 heteroatoms. The second-order valence-electron chi connectivity index (χ2n) is 4.77. The van der Waals surface area contributed by atoms with Gasteiger partial charge in [0.1, 0.15) is 11.8 Å². The summed E-state index contributed by atoms with van der Waals surface area (Å²) in [4.78, 5) is 25.1. The standard InChI is InChI=1S/C11H16N2O5/c1-6-4-13(10(17)12-9(6)16)8-3-7(15)11(2,5-14)18-8/h4,7-8,14-15H,3,5H2,1-2H3,(H,12,16,17)/t7?,8-,11-/m1/s1. The van der Waals surface area contributed by atoms with Gasteiger partial charge >= 0.3 is 5.69 Å². The number of aliphatic hydroxyl groups excluding tert-OH is 2. The summed E-state index contributed by atoms with van der Waals surface area (Å²) in [6.45, 7) is 2.80. The van der Waals surface area contributed by atoms with Crippen LogP contribution < -0.4 is 11.2 Å². The van der Waals surface area contributed by atoms with Crippen molar-refractivity contribution < 1.29 is 14.9 Å². The van der Waals surface area contributed by atoms with E-state index in [1.165, 1.54) is 10.8 Å². The summed E-state index contributed by atoms with van der Waals surface area (Å²) >= 11 is 0. The molecule has 1 unspecified atom stereocenters. The van der Waals surface area contributed by atoms with Gasteiger partial charge in [-0.15, -0.1) is 0 Å². The zero-order valence-electron chi connectivity index (χ0n) is 10.2. The number of hydrogen-bond donors (Lipinski definition) is 3. The smallest absolute Gasteiger partial charge is 0.330 e. The molecule has 0 spiro atoms. The van der Waals surface area contributed by atoms with Crippen LogP contribution in [0.4, 0.5) is 0 Å². The van der Waals surface area contributed by atoms with Gasteiger partial charge in [-0.2, -0.15) is 0 Å². The van der Waals surface area contributed by atoms with Crippen molar-refractivity contribution in [1.29, 1.82) is 0 Å². The van der Waals surface area contributed by atoms with Gasteiger partial charge in [-0.1, -0.05) is 0 Å². The van der Waals surface area contributed by atoms with Crippen LogP contribution in [-0.4, -0.2) is 38.1 Å². The molecule has 1 aliphatic heterocycles. The zero-order chi connectivity index (χ0) is 13.5. The van der Waals surface area contributed by atoms with Gasteiger partial charge in [-0.3, -0.25) is 14.3 Å². The third kappa shape index (κ3) is 2.00. The van der Waals surface area contributed by atoms with Crippen molar-refractivity contribution in [2.24, 2.45) is 0 Å². The first-order valence-electron chi connectivity index (χ1n) is 5.66. The van der Waals surface area contributed by atoms with Crippen LogP contribution >= 0.6 is 0 Å². The summed E-state index contributed by atoms with van der Waals surface area (Å²) in [5, 5.41) is 19.0. The monoisotopic (exact) mass is 256 g/mol. The number of aryl methyl sites for hydroxylation is 1. The Hall–Kier alpha value is -1.44. The molecular formula is C11H16N2O5. The molecule has 2 rings (SSSR count). The summed E-state index contributed by atoms with van der Waals surface area (Å²) in [6.07, 6.45) is 0.0104. The lowest BCUT2D eigenvalue weighted by atomic mass is 10.0. The quantitative estimate of drug-likeness (QED) is 0.621. The van der Waals surface area contributed by atoms with Gasteiger partial charge < -0.3 is 14.9 Å². The van der Waals surface area contributed by atoms with Crippen LogP contribution in [0.15, 0.2) is 15.8 Å². The van der Waals surface area contributed by atoms with Crippen molar-refractivity contribution in [3.63, 3.8) is 0 Å². The maximum absolute atomic E-state index is 11.7. The van der Waals surface area contributed by atoms with Gasteiger partial charge in [0.15, 0.2) is 0 Å². The molecule has 0 aromatic carbocycles. The first-order valence-corrected chi connectivity index (χ1v) is 5.66. The maximum atomic E-state index is 11.7. The Balaban J connectivity index is 2.38. The summed E-state index contributed by atoms with van der Waals surface area (Å²) in [5.41, 5.74) is -1.75. The number of aliphatic hydroxyl groups is 2. The van der Waals surface area contributed by atoms with E-state index in [1.54, 1.807) is 13.8 Å². The summed E-state index contributed by atoms with van der Waals surface area (Å²) in [7, 11) is 0. The van der Waals surface area contributed by atoms with Crippen molar-refractivity contribution in [1.82, 2.24) is 9.55 Å². The molecule has 1 aromatic heterocycles. The van der Waals surface area contributed by atoms with Crippen LogP contribution in [0.5, 0.6) is 0 Å². The van der Waals surface area contributed by atoms with Crippen LogP contribution in [0.25, 0.3) is 0 Å². The van der Waals surface area contributed by atoms with Crippen LogP contribution in [-0.2, 0) is 4.74 Å². The van der Waals surface area contributed by atoms with Gasteiger partial charge in [0.05, 0.1) is 12.7 Å². The van der Waals surface area contributed by atoms with Gasteiger partial charge in [-0.05, 0) is 13.8 Å². The van der Waals surface area contributed by atoms with E-state index in [9.17, 15) is 19.8 Å². The normalized spacial score (nSPS) is 31.8. The minimum absolute atomic E-state index is 0.183. The van der Waals surface area contributed by atoms with Gasteiger partial charge in [0.25, 0.3) is 5.56 Å². The molecule has 1 aliphatic rings. The van der Waals surface area contributed by atoms with E-state index in [-0.39, 0.29) is 13.0 Å². The lowest BCUT2D eigenvalue weighted by molar-refractivity contribution is -0.116. The van der Waals surface area contributed by atoms with Crippen LogP contribution in [0.1, 0.15) is 25.1 Å². The molecule has 0 saturated carbocycles. The highest BCUT2D eigenvalue weighted by molar-refractivity contribution is 5.02. The van der Waals surface area contributed by atoms with E-state index in [0.717, 1.165) is 0 Å². The number of H-pyrrole nitrogens is 1. The Morgan fingerprint density at radius 1 is 1.61 bits per heavy atom. The van der Waals surface area contributed by atoms with Crippen molar-refractivity contribution >= 4 is 0 Å². The number of nitrogens with zero attached hydrogens (tertiary/aromatic N) is 1. The highest BCUT2D eigenvalue weighted by Crippen LogP contribution is 2.35. The van der Waals surface area contributed by atoms with Crippen LogP contribution in [0.3, 0.4) is 0 Å². The zero-order valence-corrected chi connectivity index (χ0v) is 10.2. The largest absolute Gasteiger partial charge is 0.393 e. The predicted octanol–water partition coefficient (Wildman–Crippen LogP) is -1.12. The molecule has 0 aliphatic carbocycles. The summed E-state index contributed by atoms with van der Waals surface area (Å²) < 4.78 is 6.74. The lowest BCUT2D eigenvalue weighted by Crippen LogP contribution is -2.40. The molecular weight excluding hydrogens is 240 g/mol. The van der Waals surface area contributed by atoms with Crippen LogP contribution in [0.2, 0.25) is 0 Å². The average Bonchev–Trinajstić information content (AvgIpc) is 2.61. The molecule has 1 fully saturated rings. The molecule has 100 valence electrons. The Labute approximate surface area is 103 Å². The first kappa shape index (κ1) is 13.0. The van der Waals surface area contributed by atoms with Crippen molar-refractivity contribution in [3.05, 3.63) is 32.6 Å². The number of rotatable bonds is 2. The van der Waals surface area contributed by atoms with Gasteiger partial charge in [0, 0.05) is 18.2 Å². The van der Waals surface area contributed by atoms with Crippen molar-refractivity contribution in [3.8, 4) is 0 Å². The van der Waals surface area contributed by atoms with E-state index in [2.05, 4.69) is 4.98 Å². The molecule has 0 bridgehead atoms. The van der Waals surface area contributed by atoms with Crippen LogP contribution in [0, 0.1) is 6.92 Å². The molecule has 1 saturated heterocycles. The highest BCUT2D eigenvalue weighted by Gasteiger charge is 2.45. The van der Waals surface area contributed by atoms with E-state index in [4.69, 9.17) is 4.74 Å². The predicted molar refractivity (Wildman–Crippen MR) is 62.3 cm³/mol. The van der Waals surface area contributed by atoms with E-state index in [1.807, 2.05) is 0 Å². The Bertz CT molecular complexity index is 563. The molecule has 1 aromatic rings. The number of aromatic amines is 1. The second-order valence-corrected chi connectivity index (χ2v) is 4.77. The van der Waals surface area contributed by atoms with E-state index >= 15 is 0 Å². The third-order valence-electron chi connectivity index (χ3n) is 3.31. The molecule has 0 amide bonds. The van der Waals surface area contributed by atoms with E-state index in [0.29, 0.717) is 5.56 Å². The number of hydrogen-bond acceptors (Lipinski definition) is 5. The fourth-order valence-electron chi connectivity index (χ4n) is 1.99.